The maximum atomic E-state index is 12.7. The summed E-state index contributed by atoms with van der Waals surface area (Å²) in [6.45, 7) is 3.78. The summed E-state index contributed by atoms with van der Waals surface area (Å²) in [5, 5.41) is 0. The Morgan fingerprint density at radius 2 is 1.03 bits per heavy atom. The zero-order valence-electron chi connectivity index (χ0n) is 20.9. The van der Waals surface area contributed by atoms with E-state index in [0.29, 0.717) is 19.3 Å². The van der Waals surface area contributed by atoms with Crippen molar-refractivity contribution in [2.24, 2.45) is 11.8 Å². The fraction of sp³-hybridized carbons (Fsp3) is 0.846. The minimum absolute atomic E-state index is 0.0876. The minimum Gasteiger partial charge on any atom is -0.469 e. The van der Waals surface area contributed by atoms with E-state index in [0.717, 1.165) is 38.5 Å². The molecule has 186 valence electrons. The van der Waals surface area contributed by atoms with Crippen molar-refractivity contribution in [3.63, 3.8) is 0 Å². The molecule has 0 aliphatic heterocycles. The molecule has 0 saturated heterocycles. The third kappa shape index (κ3) is 16.0. The predicted molar refractivity (Wildman–Crippen MR) is 126 cm³/mol. The quantitative estimate of drug-likeness (QED) is 0.156. The monoisotopic (exact) mass is 454 g/mol. The molecule has 6 heteroatoms. The largest absolute Gasteiger partial charge is 0.469 e. The van der Waals surface area contributed by atoms with Crippen LogP contribution in [0, 0.1) is 11.8 Å². The van der Waals surface area contributed by atoms with Crippen LogP contribution in [0.25, 0.3) is 0 Å². The molecule has 0 spiro atoms. The van der Waals surface area contributed by atoms with Crippen molar-refractivity contribution in [2.45, 2.75) is 117 Å². The fourth-order valence-electron chi connectivity index (χ4n) is 4.04. The fourth-order valence-corrected chi connectivity index (χ4v) is 4.04. The lowest BCUT2D eigenvalue weighted by Gasteiger charge is -2.17. The summed E-state index contributed by atoms with van der Waals surface area (Å²) in [7, 11) is 2.68. The molecule has 2 atom stereocenters. The van der Waals surface area contributed by atoms with Crippen LogP contribution in [0.4, 0.5) is 0 Å². The minimum atomic E-state index is -0.494. The lowest BCUT2D eigenvalue weighted by Crippen LogP contribution is -2.24. The van der Waals surface area contributed by atoms with E-state index < -0.39 is 11.8 Å². The molecule has 0 fully saturated rings. The Bertz CT molecular complexity index is 542. The van der Waals surface area contributed by atoms with Gasteiger partial charge in [-0.25, -0.2) is 0 Å². The van der Waals surface area contributed by atoms with Crippen LogP contribution in [0.5, 0.6) is 0 Å². The number of rotatable bonds is 21. The molecule has 0 aromatic rings. The van der Waals surface area contributed by atoms with Gasteiger partial charge < -0.3 is 14.3 Å². The standard InChI is InChI=1S/C26H46O6/c1-5-6-7-8-9-10-11-14-17-22(25(29)31-3)19-24(28)20-23(26(30)32-4)18-15-12-13-16-21(2)27/h22-23H,5-20H2,1-4H3. The summed E-state index contributed by atoms with van der Waals surface area (Å²) in [6, 6.07) is 0. The van der Waals surface area contributed by atoms with Gasteiger partial charge in [0.2, 0.25) is 0 Å². The van der Waals surface area contributed by atoms with E-state index in [-0.39, 0.29) is 36.3 Å². The summed E-state index contributed by atoms with van der Waals surface area (Å²) in [6.07, 6.45) is 13.7. The van der Waals surface area contributed by atoms with Gasteiger partial charge in [-0.1, -0.05) is 71.1 Å². The Labute approximate surface area is 195 Å². The molecule has 2 unspecified atom stereocenters. The van der Waals surface area contributed by atoms with Crippen molar-refractivity contribution in [1.29, 1.82) is 0 Å². The number of carbonyl (C=O) groups excluding carboxylic acids is 4. The van der Waals surface area contributed by atoms with Gasteiger partial charge in [-0.15, -0.1) is 0 Å². The second-order valence-corrected chi connectivity index (χ2v) is 8.95. The van der Waals surface area contributed by atoms with Gasteiger partial charge in [0.25, 0.3) is 0 Å². The number of ketones is 2. The first-order valence-electron chi connectivity index (χ1n) is 12.5. The number of esters is 2. The summed E-state index contributed by atoms with van der Waals surface area (Å²) >= 11 is 0. The van der Waals surface area contributed by atoms with Crippen LogP contribution in [-0.2, 0) is 28.7 Å². The van der Waals surface area contributed by atoms with Gasteiger partial charge in [0.1, 0.15) is 11.6 Å². The highest BCUT2D eigenvalue weighted by Crippen LogP contribution is 2.22. The molecule has 32 heavy (non-hydrogen) atoms. The van der Waals surface area contributed by atoms with Gasteiger partial charge in [0, 0.05) is 19.3 Å². The lowest BCUT2D eigenvalue weighted by molar-refractivity contribution is -0.149. The van der Waals surface area contributed by atoms with Crippen LogP contribution in [0.15, 0.2) is 0 Å². The highest BCUT2D eigenvalue weighted by Gasteiger charge is 2.27. The van der Waals surface area contributed by atoms with Gasteiger partial charge in [0.15, 0.2) is 0 Å². The normalized spacial score (nSPS) is 12.8. The number of unbranched alkanes of at least 4 members (excludes halogenated alkanes) is 9. The Hall–Kier alpha value is -1.72. The topological polar surface area (TPSA) is 86.7 Å². The summed E-state index contributed by atoms with van der Waals surface area (Å²) in [4.78, 5) is 48.0. The van der Waals surface area contributed by atoms with Crippen molar-refractivity contribution in [2.75, 3.05) is 14.2 Å². The van der Waals surface area contributed by atoms with Crippen molar-refractivity contribution < 1.29 is 28.7 Å². The van der Waals surface area contributed by atoms with Crippen LogP contribution < -0.4 is 0 Å². The van der Waals surface area contributed by atoms with Crippen LogP contribution in [0.2, 0.25) is 0 Å². The third-order valence-corrected chi connectivity index (χ3v) is 6.00. The molecule has 0 heterocycles. The molecule has 0 aromatic carbocycles. The van der Waals surface area contributed by atoms with Crippen molar-refractivity contribution in [1.82, 2.24) is 0 Å². The van der Waals surface area contributed by atoms with Gasteiger partial charge in [0.05, 0.1) is 26.1 Å². The lowest BCUT2D eigenvalue weighted by atomic mass is 9.89. The van der Waals surface area contributed by atoms with Crippen molar-refractivity contribution in [3.8, 4) is 0 Å². The molecule has 0 aliphatic rings. The maximum absolute atomic E-state index is 12.7. The van der Waals surface area contributed by atoms with E-state index in [9.17, 15) is 19.2 Å². The number of ether oxygens (including phenoxy) is 2. The van der Waals surface area contributed by atoms with Gasteiger partial charge in [-0.2, -0.15) is 0 Å². The Morgan fingerprint density at radius 3 is 1.44 bits per heavy atom. The second-order valence-electron chi connectivity index (χ2n) is 8.95. The highest BCUT2D eigenvalue weighted by molar-refractivity contribution is 5.87. The molecule has 0 bridgehead atoms. The Morgan fingerprint density at radius 1 is 0.625 bits per heavy atom. The van der Waals surface area contributed by atoms with E-state index >= 15 is 0 Å². The average Bonchev–Trinajstić information content (AvgIpc) is 2.77. The zero-order valence-corrected chi connectivity index (χ0v) is 20.9. The Kier molecular flexibility index (Phi) is 18.9. The van der Waals surface area contributed by atoms with E-state index in [4.69, 9.17) is 9.47 Å². The van der Waals surface area contributed by atoms with E-state index in [1.54, 1.807) is 6.92 Å². The first kappa shape index (κ1) is 30.3. The van der Waals surface area contributed by atoms with Crippen LogP contribution in [-0.4, -0.2) is 37.7 Å². The SMILES string of the molecule is CCCCCCCCCCC(CC(=O)CC(CCCCCC(C)=O)C(=O)OC)C(=O)OC. The Balaban J connectivity index is 4.47. The molecule has 0 N–H and O–H groups in total. The number of Topliss-reactive ketones (excluding diaryl/α,β-unsaturated/α-hetero) is 2. The highest BCUT2D eigenvalue weighted by atomic mass is 16.5. The molecule has 0 aromatic heterocycles. The predicted octanol–water partition coefficient (Wildman–Crippen LogP) is 5.98. The van der Waals surface area contributed by atoms with Crippen LogP contribution in [0.1, 0.15) is 117 Å². The van der Waals surface area contributed by atoms with Gasteiger partial charge >= 0.3 is 11.9 Å². The number of methoxy groups -OCH3 is 2. The molecule has 0 saturated carbocycles. The summed E-state index contributed by atoms with van der Waals surface area (Å²) in [5.41, 5.74) is 0. The third-order valence-electron chi connectivity index (χ3n) is 6.00. The van der Waals surface area contributed by atoms with Crippen molar-refractivity contribution >= 4 is 23.5 Å². The van der Waals surface area contributed by atoms with E-state index in [1.807, 2.05) is 0 Å². The number of hydrogen-bond acceptors (Lipinski definition) is 6. The summed E-state index contributed by atoms with van der Waals surface area (Å²) < 4.78 is 9.78. The van der Waals surface area contributed by atoms with Gasteiger partial charge in [-0.3, -0.25) is 14.4 Å². The molecule has 6 nitrogen and oxygen atoms in total. The first-order chi connectivity index (χ1) is 15.3. The molecular weight excluding hydrogens is 408 g/mol. The molecule has 0 aliphatic carbocycles. The molecule has 0 rings (SSSR count). The summed E-state index contributed by atoms with van der Waals surface area (Å²) in [5.74, 6) is -1.61. The van der Waals surface area contributed by atoms with Crippen LogP contribution in [0.3, 0.4) is 0 Å². The molecule has 0 radical (unpaired) electrons. The van der Waals surface area contributed by atoms with Crippen molar-refractivity contribution in [3.05, 3.63) is 0 Å². The maximum Gasteiger partial charge on any atom is 0.309 e. The van der Waals surface area contributed by atoms with Gasteiger partial charge in [-0.05, 0) is 26.2 Å². The molecule has 0 amide bonds. The zero-order chi connectivity index (χ0) is 24.2. The number of hydrogen-bond donors (Lipinski definition) is 0. The number of carbonyl (C=O) groups is 4. The van der Waals surface area contributed by atoms with E-state index in [2.05, 4.69) is 6.92 Å². The second kappa shape index (κ2) is 19.9. The first-order valence-corrected chi connectivity index (χ1v) is 12.5. The average molecular weight is 455 g/mol. The smallest absolute Gasteiger partial charge is 0.309 e. The molecular formula is C26H46O6. The van der Waals surface area contributed by atoms with Crippen LogP contribution >= 0.6 is 0 Å². The van der Waals surface area contributed by atoms with E-state index in [1.165, 1.54) is 46.3 Å².